The largest absolute Gasteiger partial charge is 0.348 e. The second-order valence-electron chi connectivity index (χ2n) is 6.43. The zero-order valence-corrected chi connectivity index (χ0v) is 18.5. The van der Waals surface area contributed by atoms with Crippen LogP contribution < -0.4 is 10.0 Å². The Balaban J connectivity index is 1.53. The molecule has 0 radical (unpaired) electrons. The van der Waals surface area contributed by atoms with E-state index in [9.17, 15) is 13.2 Å². The van der Waals surface area contributed by atoms with E-state index in [1.54, 1.807) is 53.4 Å². The minimum atomic E-state index is -3.34. The molecule has 0 saturated carbocycles. The van der Waals surface area contributed by atoms with E-state index in [0.29, 0.717) is 17.8 Å². The number of carbonyl (C=O) groups is 1. The molecule has 6 nitrogen and oxygen atoms in total. The summed E-state index contributed by atoms with van der Waals surface area (Å²) in [5, 5.41) is 5.97. The van der Waals surface area contributed by atoms with Gasteiger partial charge in [0, 0.05) is 33.8 Å². The molecule has 0 aliphatic heterocycles. The highest BCUT2D eigenvalue weighted by atomic mass is 32.2. The van der Waals surface area contributed by atoms with Crippen molar-refractivity contribution in [3.63, 3.8) is 0 Å². The summed E-state index contributed by atoms with van der Waals surface area (Å²) < 4.78 is 25.1. The predicted molar refractivity (Wildman–Crippen MR) is 119 cm³/mol. The maximum atomic E-state index is 12.4. The van der Waals surface area contributed by atoms with Crippen molar-refractivity contribution in [2.24, 2.45) is 0 Å². The molecule has 1 aromatic heterocycles. The molecule has 3 aromatic rings. The minimum absolute atomic E-state index is 0.182. The number of rotatable bonds is 8. The number of thiazole rings is 1. The quantitative estimate of drug-likeness (QED) is 0.509. The Morgan fingerprint density at radius 3 is 2.59 bits per heavy atom. The standard InChI is InChI=1S/C20H21N3O3S3/c1-14-22-18(12-27-14)13-28-19-8-6-16(7-9-19)20(24)21-11-15-4-3-5-17(10-15)23-29(2,25)26/h3-10,12,23H,11,13H2,1-2H3,(H,21,24). The SMILES string of the molecule is Cc1nc(CSc2ccc(C(=O)NCc3cccc(NS(C)(=O)=O)c3)cc2)cs1. The first kappa shape index (κ1) is 21.4. The number of anilines is 1. The fourth-order valence-corrected chi connectivity index (χ4v) is 4.64. The predicted octanol–water partition coefficient (Wildman–Crippen LogP) is 4.05. The van der Waals surface area contributed by atoms with Crippen molar-refractivity contribution in [3.05, 3.63) is 75.7 Å². The molecule has 0 fully saturated rings. The Morgan fingerprint density at radius 1 is 1.17 bits per heavy atom. The van der Waals surface area contributed by atoms with E-state index in [2.05, 4.69) is 20.4 Å². The third-order valence-corrected chi connectivity index (χ3v) is 6.33. The van der Waals surface area contributed by atoms with Crippen molar-refractivity contribution in [3.8, 4) is 0 Å². The molecular formula is C20H21N3O3S3. The van der Waals surface area contributed by atoms with Gasteiger partial charge in [-0.2, -0.15) is 0 Å². The van der Waals surface area contributed by atoms with Gasteiger partial charge in [-0.05, 0) is 48.9 Å². The highest BCUT2D eigenvalue weighted by Crippen LogP contribution is 2.24. The summed E-state index contributed by atoms with van der Waals surface area (Å²) in [6.45, 7) is 2.29. The number of hydrogen-bond acceptors (Lipinski definition) is 6. The Hall–Kier alpha value is -2.36. The first-order valence-corrected chi connectivity index (χ1v) is 12.5. The van der Waals surface area contributed by atoms with Crippen molar-refractivity contribution in [1.82, 2.24) is 10.3 Å². The molecular weight excluding hydrogens is 426 g/mol. The lowest BCUT2D eigenvalue weighted by atomic mass is 10.2. The van der Waals surface area contributed by atoms with E-state index >= 15 is 0 Å². The van der Waals surface area contributed by atoms with Gasteiger partial charge in [0.1, 0.15) is 0 Å². The molecule has 1 heterocycles. The molecule has 0 aliphatic rings. The number of aryl methyl sites for hydroxylation is 1. The number of nitrogens with zero attached hydrogens (tertiary/aromatic N) is 1. The van der Waals surface area contributed by atoms with Crippen LogP contribution in [0.3, 0.4) is 0 Å². The Bertz CT molecular complexity index is 1090. The molecule has 0 aliphatic carbocycles. The number of benzene rings is 2. The Labute approximate surface area is 178 Å². The molecule has 1 amide bonds. The van der Waals surface area contributed by atoms with Gasteiger partial charge in [-0.25, -0.2) is 13.4 Å². The van der Waals surface area contributed by atoms with Crippen LogP contribution in [0, 0.1) is 6.92 Å². The van der Waals surface area contributed by atoms with Crippen LogP contribution in [-0.4, -0.2) is 25.6 Å². The number of nitrogens with one attached hydrogen (secondary N) is 2. The third-order valence-electron chi connectivity index (χ3n) is 3.85. The summed E-state index contributed by atoms with van der Waals surface area (Å²) >= 11 is 3.32. The highest BCUT2D eigenvalue weighted by molar-refractivity contribution is 7.98. The smallest absolute Gasteiger partial charge is 0.251 e. The third kappa shape index (κ3) is 6.88. The number of amides is 1. The van der Waals surface area contributed by atoms with Crippen LogP contribution in [0.1, 0.15) is 26.6 Å². The summed E-state index contributed by atoms with van der Waals surface area (Å²) in [4.78, 5) is 17.9. The van der Waals surface area contributed by atoms with E-state index < -0.39 is 10.0 Å². The lowest BCUT2D eigenvalue weighted by Crippen LogP contribution is -2.22. The van der Waals surface area contributed by atoms with E-state index in [-0.39, 0.29) is 5.91 Å². The molecule has 2 aromatic carbocycles. The van der Waals surface area contributed by atoms with Crippen LogP contribution in [0.2, 0.25) is 0 Å². The summed E-state index contributed by atoms with van der Waals surface area (Å²) in [6.07, 6.45) is 1.10. The molecule has 29 heavy (non-hydrogen) atoms. The number of sulfonamides is 1. The van der Waals surface area contributed by atoms with Gasteiger partial charge in [-0.1, -0.05) is 12.1 Å². The molecule has 152 valence electrons. The summed E-state index contributed by atoms with van der Waals surface area (Å²) in [5.74, 6) is 0.617. The summed E-state index contributed by atoms with van der Waals surface area (Å²) in [6, 6.07) is 14.4. The van der Waals surface area contributed by atoms with Gasteiger partial charge in [-0.3, -0.25) is 9.52 Å². The van der Waals surface area contributed by atoms with Crippen molar-refractivity contribution in [1.29, 1.82) is 0 Å². The van der Waals surface area contributed by atoms with Crippen molar-refractivity contribution >= 4 is 44.7 Å². The van der Waals surface area contributed by atoms with E-state index in [0.717, 1.165) is 33.2 Å². The summed E-state index contributed by atoms with van der Waals surface area (Å²) in [5.41, 5.74) is 2.91. The maximum absolute atomic E-state index is 12.4. The van der Waals surface area contributed by atoms with Crippen LogP contribution in [0.5, 0.6) is 0 Å². The first-order chi connectivity index (χ1) is 13.8. The van der Waals surface area contributed by atoms with Crippen LogP contribution >= 0.6 is 23.1 Å². The van der Waals surface area contributed by atoms with Gasteiger partial charge >= 0.3 is 0 Å². The molecule has 0 bridgehead atoms. The van der Waals surface area contributed by atoms with Gasteiger partial charge in [0.15, 0.2) is 0 Å². The molecule has 0 atom stereocenters. The minimum Gasteiger partial charge on any atom is -0.348 e. The first-order valence-electron chi connectivity index (χ1n) is 8.77. The fraction of sp³-hybridized carbons (Fsp3) is 0.200. The normalized spacial score (nSPS) is 11.2. The Morgan fingerprint density at radius 2 is 1.93 bits per heavy atom. The molecule has 0 unspecified atom stereocenters. The highest BCUT2D eigenvalue weighted by Gasteiger charge is 2.07. The van der Waals surface area contributed by atoms with Gasteiger partial charge < -0.3 is 5.32 Å². The number of aromatic nitrogens is 1. The lowest BCUT2D eigenvalue weighted by Gasteiger charge is -2.09. The number of carbonyl (C=O) groups excluding carboxylic acids is 1. The molecule has 0 saturated heterocycles. The number of thioether (sulfide) groups is 1. The number of hydrogen-bond donors (Lipinski definition) is 2. The van der Waals surface area contributed by atoms with Gasteiger partial charge in [0.25, 0.3) is 5.91 Å². The fourth-order valence-electron chi connectivity index (χ4n) is 2.58. The lowest BCUT2D eigenvalue weighted by molar-refractivity contribution is 0.0951. The van der Waals surface area contributed by atoms with Crippen LogP contribution in [0.25, 0.3) is 0 Å². The van der Waals surface area contributed by atoms with Crippen molar-refractivity contribution in [2.75, 3.05) is 11.0 Å². The van der Waals surface area contributed by atoms with Gasteiger partial charge in [-0.15, -0.1) is 23.1 Å². The van der Waals surface area contributed by atoms with Crippen LogP contribution in [0.15, 0.2) is 58.8 Å². The van der Waals surface area contributed by atoms with Gasteiger partial charge in [0.2, 0.25) is 10.0 Å². The topological polar surface area (TPSA) is 88.2 Å². The van der Waals surface area contributed by atoms with E-state index in [4.69, 9.17) is 0 Å². The van der Waals surface area contributed by atoms with E-state index in [1.165, 1.54) is 0 Å². The van der Waals surface area contributed by atoms with Gasteiger partial charge in [0.05, 0.1) is 17.0 Å². The average molecular weight is 448 g/mol. The van der Waals surface area contributed by atoms with Crippen molar-refractivity contribution < 1.29 is 13.2 Å². The zero-order chi connectivity index (χ0) is 20.9. The van der Waals surface area contributed by atoms with E-state index in [1.807, 2.05) is 25.1 Å². The Kier molecular flexibility index (Phi) is 6.94. The second kappa shape index (κ2) is 9.43. The van der Waals surface area contributed by atoms with Crippen LogP contribution in [-0.2, 0) is 22.3 Å². The molecule has 2 N–H and O–H groups in total. The molecule has 0 spiro atoms. The van der Waals surface area contributed by atoms with Crippen molar-refractivity contribution in [2.45, 2.75) is 24.1 Å². The second-order valence-corrected chi connectivity index (χ2v) is 10.3. The van der Waals surface area contributed by atoms with Crippen LogP contribution in [0.4, 0.5) is 5.69 Å². The zero-order valence-electron chi connectivity index (χ0n) is 16.0. The average Bonchev–Trinajstić information content (AvgIpc) is 3.09. The molecule has 3 rings (SSSR count). The summed E-state index contributed by atoms with van der Waals surface area (Å²) in [7, 11) is -3.34. The molecule has 9 heteroatoms. The monoisotopic (exact) mass is 447 g/mol. The maximum Gasteiger partial charge on any atom is 0.251 e.